The molecule has 1 aromatic heterocycles. The molecule has 1 heterocycles. The summed E-state index contributed by atoms with van der Waals surface area (Å²) in [5.74, 6) is -0.979. The second kappa shape index (κ2) is 5.69. The summed E-state index contributed by atoms with van der Waals surface area (Å²) < 4.78 is 0. The van der Waals surface area contributed by atoms with Crippen LogP contribution in [0.5, 0.6) is 0 Å². The first-order chi connectivity index (χ1) is 9.01. The predicted octanol–water partition coefficient (Wildman–Crippen LogP) is 2.43. The van der Waals surface area contributed by atoms with Gasteiger partial charge in [-0.15, -0.1) is 11.3 Å². The number of hydrogen-bond donors (Lipinski definition) is 2. The number of aromatic carboxylic acids is 1. The van der Waals surface area contributed by atoms with Crippen molar-refractivity contribution in [3.63, 3.8) is 0 Å². The Morgan fingerprint density at radius 1 is 1.42 bits per heavy atom. The van der Waals surface area contributed by atoms with Gasteiger partial charge in [-0.25, -0.2) is 9.78 Å². The molecule has 1 aliphatic rings. The summed E-state index contributed by atoms with van der Waals surface area (Å²) in [6, 6.07) is 0. The molecule has 6 heteroatoms. The van der Waals surface area contributed by atoms with Gasteiger partial charge in [-0.2, -0.15) is 0 Å². The number of nitrogens with zero attached hydrogens (tertiary/aromatic N) is 1. The second-order valence-corrected chi connectivity index (χ2v) is 6.18. The zero-order chi connectivity index (χ0) is 13.9. The number of carboxylic acid groups (broad SMARTS) is 1. The van der Waals surface area contributed by atoms with Crippen molar-refractivity contribution in [2.75, 3.05) is 0 Å². The van der Waals surface area contributed by atoms with Gasteiger partial charge in [0.2, 0.25) is 5.91 Å². The largest absolute Gasteiger partial charge is 0.476 e. The van der Waals surface area contributed by atoms with Gasteiger partial charge in [0.25, 0.3) is 0 Å². The first-order valence-corrected chi connectivity index (χ1v) is 7.35. The molecule has 1 fully saturated rings. The van der Waals surface area contributed by atoms with E-state index in [1.165, 1.54) is 23.1 Å². The van der Waals surface area contributed by atoms with Crippen LogP contribution in [0.15, 0.2) is 5.38 Å². The van der Waals surface area contributed by atoms with Crippen molar-refractivity contribution in [1.82, 2.24) is 10.3 Å². The zero-order valence-corrected chi connectivity index (χ0v) is 11.8. The molecule has 0 saturated heterocycles. The molecule has 1 amide bonds. The lowest BCUT2D eigenvalue weighted by molar-refractivity contribution is -0.132. The van der Waals surface area contributed by atoms with Crippen molar-refractivity contribution < 1.29 is 14.7 Å². The van der Waals surface area contributed by atoms with Crippen LogP contribution in [0.3, 0.4) is 0 Å². The lowest BCUT2D eigenvalue weighted by Gasteiger charge is -2.31. The fourth-order valence-corrected chi connectivity index (χ4v) is 3.13. The van der Waals surface area contributed by atoms with E-state index in [0.717, 1.165) is 25.7 Å². The Kier molecular flexibility index (Phi) is 4.19. The maximum absolute atomic E-state index is 12.2. The third-order valence-electron chi connectivity index (χ3n) is 3.68. The Morgan fingerprint density at radius 3 is 2.68 bits per heavy atom. The molecule has 0 unspecified atom stereocenters. The summed E-state index contributed by atoms with van der Waals surface area (Å²) in [6.45, 7) is 2.32. The lowest BCUT2D eigenvalue weighted by atomic mass is 9.75. The summed E-state index contributed by atoms with van der Waals surface area (Å²) in [6.07, 6.45) is 5.26. The summed E-state index contributed by atoms with van der Waals surface area (Å²) in [4.78, 5) is 26.8. The van der Waals surface area contributed by atoms with Crippen molar-refractivity contribution in [2.24, 2.45) is 5.41 Å². The summed E-state index contributed by atoms with van der Waals surface area (Å²) in [5.41, 5.74) is -0.233. The fraction of sp³-hybridized carbons (Fsp3) is 0.615. The topological polar surface area (TPSA) is 79.3 Å². The first-order valence-electron chi connectivity index (χ1n) is 6.47. The van der Waals surface area contributed by atoms with Crippen LogP contribution in [-0.2, 0) is 11.3 Å². The van der Waals surface area contributed by atoms with Crippen LogP contribution in [-0.4, -0.2) is 22.0 Å². The molecule has 1 aromatic rings. The number of carboxylic acids is 1. The molecule has 0 aliphatic heterocycles. The molecule has 2 rings (SSSR count). The summed E-state index contributed by atoms with van der Waals surface area (Å²) in [5, 5.41) is 13.8. The number of carbonyl (C=O) groups excluding carboxylic acids is 1. The maximum atomic E-state index is 12.2. The molecule has 0 aromatic carbocycles. The highest BCUT2D eigenvalue weighted by molar-refractivity contribution is 7.09. The number of carbonyl (C=O) groups is 2. The minimum absolute atomic E-state index is 0.0399. The highest BCUT2D eigenvalue weighted by Gasteiger charge is 2.34. The van der Waals surface area contributed by atoms with E-state index in [2.05, 4.69) is 10.3 Å². The highest BCUT2D eigenvalue weighted by atomic mass is 32.1. The van der Waals surface area contributed by atoms with Gasteiger partial charge in [0.1, 0.15) is 5.01 Å². The zero-order valence-electron chi connectivity index (χ0n) is 10.9. The Labute approximate surface area is 116 Å². The van der Waals surface area contributed by atoms with Crippen LogP contribution < -0.4 is 5.32 Å². The van der Waals surface area contributed by atoms with Crippen molar-refractivity contribution in [3.05, 3.63) is 16.1 Å². The van der Waals surface area contributed by atoms with Crippen LogP contribution >= 0.6 is 11.3 Å². The molecular weight excluding hydrogens is 264 g/mol. The first kappa shape index (κ1) is 14.0. The molecular formula is C13H18N2O3S. The van der Waals surface area contributed by atoms with Gasteiger partial charge in [-0.05, 0) is 12.8 Å². The molecule has 5 nitrogen and oxygen atoms in total. The van der Waals surface area contributed by atoms with Crippen LogP contribution in [0.2, 0.25) is 0 Å². The molecule has 19 heavy (non-hydrogen) atoms. The average molecular weight is 282 g/mol. The quantitative estimate of drug-likeness (QED) is 0.889. The number of aromatic nitrogens is 1. The number of nitrogens with one attached hydrogen (secondary N) is 1. The summed E-state index contributed by atoms with van der Waals surface area (Å²) >= 11 is 1.26. The van der Waals surface area contributed by atoms with E-state index in [0.29, 0.717) is 11.6 Å². The van der Waals surface area contributed by atoms with Gasteiger partial charge in [0, 0.05) is 10.8 Å². The number of hydrogen-bond acceptors (Lipinski definition) is 4. The lowest BCUT2D eigenvalue weighted by Crippen LogP contribution is -2.39. The monoisotopic (exact) mass is 282 g/mol. The second-order valence-electron chi connectivity index (χ2n) is 5.24. The number of amides is 1. The van der Waals surface area contributed by atoms with Gasteiger partial charge in [0.05, 0.1) is 6.54 Å². The fourth-order valence-electron chi connectivity index (χ4n) is 2.42. The average Bonchev–Trinajstić information content (AvgIpc) is 2.85. The summed E-state index contributed by atoms with van der Waals surface area (Å²) in [7, 11) is 0. The predicted molar refractivity (Wildman–Crippen MR) is 72.1 cm³/mol. The minimum atomic E-state index is -1.03. The molecule has 2 N–H and O–H groups in total. The third-order valence-corrected chi connectivity index (χ3v) is 4.53. The van der Waals surface area contributed by atoms with Gasteiger partial charge in [-0.3, -0.25) is 4.79 Å². The molecule has 0 atom stereocenters. The van der Waals surface area contributed by atoms with E-state index in [1.54, 1.807) is 0 Å². The van der Waals surface area contributed by atoms with E-state index in [1.807, 2.05) is 6.92 Å². The maximum Gasteiger partial charge on any atom is 0.355 e. The van der Waals surface area contributed by atoms with Crippen molar-refractivity contribution >= 4 is 23.2 Å². The molecule has 1 aliphatic carbocycles. The molecule has 0 spiro atoms. The molecule has 104 valence electrons. The highest BCUT2D eigenvalue weighted by Crippen LogP contribution is 2.35. The number of rotatable bonds is 4. The standard InChI is InChI=1S/C13H18N2O3S/c1-13(5-3-2-4-6-13)12(18)14-7-10-15-9(8-19-10)11(16)17/h8H,2-7H2,1H3,(H,14,18)(H,16,17). The molecule has 1 saturated carbocycles. The minimum Gasteiger partial charge on any atom is -0.476 e. The Morgan fingerprint density at radius 2 is 2.11 bits per heavy atom. The SMILES string of the molecule is CC1(C(=O)NCc2nc(C(=O)O)cs2)CCCCC1. The van der Waals surface area contributed by atoms with E-state index >= 15 is 0 Å². The van der Waals surface area contributed by atoms with Crippen LogP contribution in [0.1, 0.15) is 54.5 Å². The van der Waals surface area contributed by atoms with Crippen molar-refractivity contribution in [3.8, 4) is 0 Å². The van der Waals surface area contributed by atoms with Gasteiger partial charge in [0.15, 0.2) is 5.69 Å². The molecule has 0 radical (unpaired) electrons. The van der Waals surface area contributed by atoms with Gasteiger partial charge >= 0.3 is 5.97 Å². The normalized spacial score (nSPS) is 17.9. The van der Waals surface area contributed by atoms with Crippen molar-refractivity contribution in [2.45, 2.75) is 45.6 Å². The van der Waals surface area contributed by atoms with Crippen LogP contribution in [0, 0.1) is 5.41 Å². The van der Waals surface area contributed by atoms with E-state index in [4.69, 9.17) is 5.11 Å². The van der Waals surface area contributed by atoms with E-state index in [-0.39, 0.29) is 17.0 Å². The Balaban J connectivity index is 1.90. The smallest absolute Gasteiger partial charge is 0.355 e. The molecule has 0 bridgehead atoms. The van der Waals surface area contributed by atoms with Gasteiger partial charge < -0.3 is 10.4 Å². The Hall–Kier alpha value is -1.43. The van der Waals surface area contributed by atoms with E-state index in [9.17, 15) is 9.59 Å². The van der Waals surface area contributed by atoms with Crippen LogP contribution in [0.25, 0.3) is 0 Å². The van der Waals surface area contributed by atoms with Crippen LogP contribution in [0.4, 0.5) is 0 Å². The number of thiazole rings is 1. The third kappa shape index (κ3) is 3.32. The Bertz CT molecular complexity index is 478. The van der Waals surface area contributed by atoms with Crippen molar-refractivity contribution in [1.29, 1.82) is 0 Å². The van der Waals surface area contributed by atoms with Gasteiger partial charge in [-0.1, -0.05) is 26.2 Å². The van der Waals surface area contributed by atoms with E-state index < -0.39 is 5.97 Å².